The molecular weight excluding hydrogens is 362 g/mol. The third-order valence-electron chi connectivity index (χ3n) is 4.89. The minimum atomic E-state index is -0.140. The topological polar surface area (TPSA) is 29.1 Å². The molecule has 0 radical (unpaired) electrons. The van der Waals surface area contributed by atoms with E-state index in [2.05, 4.69) is 29.6 Å². The molecule has 2 nitrogen and oxygen atoms in total. The molecule has 1 unspecified atom stereocenters. The maximum atomic E-state index is 12.9. The largest absolute Gasteiger partial charge is 0.325 e. The van der Waals surface area contributed by atoms with Crippen LogP contribution in [0.5, 0.6) is 0 Å². The second kappa shape index (κ2) is 7.34. The van der Waals surface area contributed by atoms with E-state index in [1.165, 1.54) is 16.5 Å². The molecule has 0 fully saturated rings. The summed E-state index contributed by atoms with van der Waals surface area (Å²) in [7, 11) is 0. The smallest absolute Gasteiger partial charge is 0.237 e. The molecule has 3 aromatic rings. The highest BCUT2D eigenvalue weighted by atomic mass is 35.5. The Kier molecular flexibility index (Phi) is 4.92. The van der Waals surface area contributed by atoms with Crippen LogP contribution in [0.2, 0.25) is 5.02 Å². The van der Waals surface area contributed by atoms with E-state index in [-0.39, 0.29) is 11.2 Å². The van der Waals surface area contributed by atoms with Crippen LogP contribution in [0.1, 0.15) is 24.5 Å². The molecule has 4 heteroatoms. The Morgan fingerprint density at radius 3 is 2.54 bits per heavy atom. The van der Waals surface area contributed by atoms with Gasteiger partial charge >= 0.3 is 0 Å². The lowest BCUT2D eigenvalue weighted by Crippen LogP contribution is -2.24. The summed E-state index contributed by atoms with van der Waals surface area (Å²) in [6.45, 7) is 2.04. The van der Waals surface area contributed by atoms with Crippen molar-refractivity contribution in [1.29, 1.82) is 0 Å². The first-order valence-corrected chi connectivity index (χ1v) is 10.2. The van der Waals surface area contributed by atoms with Crippen molar-refractivity contribution >= 4 is 45.7 Å². The minimum absolute atomic E-state index is 0.0474. The Balaban J connectivity index is 1.57. The van der Waals surface area contributed by atoms with Gasteiger partial charge in [0.25, 0.3) is 0 Å². The fourth-order valence-corrected chi connectivity index (χ4v) is 4.65. The maximum absolute atomic E-state index is 12.9. The van der Waals surface area contributed by atoms with Crippen LogP contribution in [-0.2, 0) is 17.6 Å². The number of hydrogen-bond acceptors (Lipinski definition) is 2. The van der Waals surface area contributed by atoms with Crippen molar-refractivity contribution in [3.05, 3.63) is 70.7 Å². The first-order valence-electron chi connectivity index (χ1n) is 8.92. The van der Waals surface area contributed by atoms with Gasteiger partial charge in [-0.3, -0.25) is 4.79 Å². The van der Waals surface area contributed by atoms with Gasteiger partial charge in [0.1, 0.15) is 0 Å². The van der Waals surface area contributed by atoms with Crippen molar-refractivity contribution in [1.82, 2.24) is 0 Å². The fraction of sp³-hybridized carbons (Fsp3) is 0.227. The number of hydrogen-bond donors (Lipinski definition) is 1. The number of nitrogens with one attached hydrogen (secondary N) is 1. The maximum Gasteiger partial charge on any atom is 0.237 e. The van der Waals surface area contributed by atoms with Crippen LogP contribution in [-0.4, -0.2) is 11.2 Å². The van der Waals surface area contributed by atoms with Crippen LogP contribution < -0.4 is 5.32 Å². The van der Waals surface area contributed by atoms with Crippen LogP contribution >= 0.6 is 23.4 Å². The molecule has 26 heavy (non-hydrogen) atoms. The lowest BCUT2D eigenvalue weighted by molar-refractivity contribution is -0.115. The number of carbonyl (C=O) groups excluding carboxylic acids is 1. The van der Waals surface area contributed by atoms with Gasteiger partial charge in [0.2, 0.25) is 5.91 Å². The van der Waals surface area contributed by atoms with E-state index in [1.807, 2.05) is 37.3 Å². The lowest BCUT2D eigenvalue weighted by Gasteiger charge is -2.16. The fourth-order valence-electron chi connectivity index (χ4n) is 3.57. The highest BCUT2D eigenvalue weighted by Gasteiger charge is 2.21. The molecule has 1 aliphatic carbocycles. The van der Waals surface area contributed by atoms with Crippen molar-refractivity contribution in [2.24, 2.45) is 0 Å². The van der Waals surface area contributed by atoms with Crippen LogP contribution in [0.3, 0.4) is 0 Å². The molecule has 0 saturated heterocycles. The Hall–Kier alpha value is -1.97. The third-order valence-corrected chi connectivity index (χ3v) is 6.52. The highest BCUT2D eigenvalue weighted by Crippen LogP contribution is 2.35. The van der Waals surface area contributed by atoms with E-state index >= 15 is 0 Å². The molecule has 0 spiro atoms. The first-order chi connectivity index (χ1) is 12.7. The summed E-state index contributed by atoms with van der Waals surface area (Å²) in [5.74, 6) is 0.0474. The number of thioether (sulfide) groups is 1. The molecule has 3 aromatic carbocycles. The first kappa shape index (κ1) is 17.4. The molecule has 1 N–H and O–H groups in total. The highest BCUT2D eigenvalue weighted by molar-refractivity contribution is 8.00. The van der Waals surface area contributed by atoms with E-state index in [0.29, 0.717) is 5.02 Å². The van der Waals surface area contributed by atoms with E-state index in [4.69, 9.17) is 11.6 Å². The van der Waals surface area contributed by atoms with E-state index in [0.717, 1.165) is 35.2 Å². The minimum Gasteiger partial charge on any atom is -0.325 e. The number of anilines is 1. The molecule has 1 atom stereocenters. The summed E-state index contributed by atoms with van der Waals surface area (Å²) in [4.78, 5) is 13.9. The summed E-state index contributed by atoms with van der Waals surface area (Å²) in [5, 5.41) is 6.21. The van der Waals surface area contributed by atoms with Crippen LogP contribution in [0.4, 0.5) is 5.69 Å². The predicted molar refractivity (Wildman–Crippen MR) is 111 cm³/mol. The van der Waals surface area contributed by atoms with Crippen molar-refractivity contribution in [3.8, 4) is 0 Å². The van der Waals surface area contributed by atoms with Crippen LogP contribution in [0, 0.1) is 0 Å². The molecule has 1 aliphatic rings. The zero-order valence-electron chi connectivity index (χ0n) is 14.6. The molecule has 1 amide bonds. The van der Waals surface area contributed by atoms with Crippen molar-refractivity contribution in [3.63, 3.8) is 0 Å². The molecular formula is C22H20ClNOS. The van der Waals surface area contributed by atoms with E-state index in [9.17, 15) is 4.79 Å². The van der Waals surface area contributed by atoms with Gasteiger partial charge in [0, 0.05) is 21.0 Å². The van der Waals surface area contributed by atoms with Gasteiger partial charge < -0.3 is 5.32 Å². The van der Waals surface area contributed by atoms with Gasteiger partial charge in [-0.1, -0.05) is 42.8 Å². The molecule has 4 rings (SSSR count). The quantitative estimate of drug-likeness (QED) is 0.541. The monoisotopic (exact) mass is 381 g/mol. The number of amides is 1. The predicted octanol–water partition coefficient (Wildman–Crippen LogP) is 6.10. The van der Waals surface area contributed by atoms with Gasteiger partial charge in [-0.05, 0) is 66.1 Å². The van der Waals surface area contributed by atoms with Crippen molar-refractivity contribution in [2.45, 2.75) is 36.3 Å². The summed E-state index contributed by atoms with van der Waals surface area (Å²) in [5.41, 5.74) is 3.68. The normalized spacial score (nSPS) is 13.8. The summed E-state index contributed by atoms with van der Waals surface area (Å²) in [6.07, 6.45) is 2.95. The van der Waals surface area contributed by atoms with E-state index < -0.39 is 0 Å². The number of rotatable bonds is 5. The SMILES string of the molecule is CCC(Sc1ccc(Cl)cc1)C(=O)Nc1ccc2c3c(cccc13)CC2. The van der Waals surface area contributed by atoms with Crippen LogP contribution in [0.25, 0.3) is 10.8 Å². The number of benzene rings is 3. The number of halogens is 1. The summed E-state index contributed by atoms with van der Waals surface area (Å²) >= 11 is 7.53. The van der Waals surface area contributed by atoms with Gasteiger partial charge in [-0.25, -0.2) is 0 Å². The van der Waals surface area contributed by atoms with Gasteiger partial charge in [-0.2, -0.15) is 0 Å². The molecule has 0 bridgehead atoms. The second-order valence-electron chi connectivity index (χ2n) is 6.57. The Morgan fingerprint density at radius 2 is 1.81 bits per heavy atom. The number of carbonyl (C=O) groups is 1. The zero-order chi connectivity index (χ0) is 18.1. The molecule has 132 valence electrons. The van der Waals surface area contributed by atoms with Crippen molar-refractivity contribution in [2.75, 3.05) is 5.32 Å². The van der Waals surface area contributed by atoms with Gasteiger partial charge in [-0.15, -0.1) is 11.8 Å². The van der Waals surface area contributed by atoms with Crippen molar-refractivity contribution < 1.29 is 4.79 Å². The molecule has 0 aliphatic heterocycles. The van der Waals surface area contributed by atoms with Gasteiger partial charge in [0.05, 0.1) is 5.25 Å². The summed E-state index contributed by atoms with van der Waals surface area (Å²) in [6, 6.07) is 18.2. The zero-order valence-corrected chi connectivity index (χ0v) is 16.2. The summed E-state index contributed by atoms with van der Waals surface area (Å²) < 4.78 is 0. The second-order valence-corrected chi connectivity index (χ2v) is 8.28. The molecule has 0 aromatic heterocycles. The van der Waals surface area contributed by atoms with Gasteiger partial charge in [0.15, 0.2) is 0 Å². The average Bonchev–Trinajstić information content (AvgIpc) is 3.08. The number of aryl methyl sites for hydroxylation is 2. The third kappa shape index (κ3) is 3.34. The van der Waals surface area contributed by atoms with E-state index in [1.54, 1.807) is 11.8 Å². The Bertz CT molecular complexity index is 958. The average molecular weight is 382 g/mol. The molecule has 0 saturated carbocycles. The Morgan fingerprint density at radius 1 is 1.08 bits per heavy atom. The Labute approximate surface area is 162 Å². The lowest BCUT2D eigenvalue weighted by atomic mass is 10.0. The van der Waals surface area contributed by atoms with Crippen LogP contribution in [0.15, 0.2) is 59.5 Å². The standard InChI is InChI=1S/C22H20ClNOS/c1-2-20(26-17-11-9-16(23)10-12-17)22(25)24-19-13-8-15-7-6-14-4-3-5-18(19)21(14)15/h3-5,8-13,20H,2,6-7H2,1H3,(H,24,25). The molecule has 0 heterocycles.